The van der Waals surface area contributed by atoms with E-state index >= 15 is 0 Å². The molecule has 1 aliphatic heterocycles. The van der Waals surface area contributed by atoms with Gasteiger partial charge in [0, 0.05) is 19.3 Å². The maximum absolute atomic E-state index is 11.5. The lowest BCUT2D eigenvalue weighted by atomic mass is 10.3. The van der Waals surface area contributed by atoms with Crippen LogP contribution in [0.5, 0.6) is 0 Å². The average Bonchev–Trinajstić information content (AvgIpc) is 2.85. The molecule has 2 heterocycles. The van der Waals surface area contributed by atoms with Gasteiger partial charge < -0.3 is 0 Å². The van der Waals surface area contributed by atoms with Crippen LogP contribution in [0.3, 0.4) is 0 Å². The van der Waals surface area contributed by atoms with Gasteiger partial charge in [0.1, 0.15) is 0 Å². The molecule has 0 bridgehead atoms. The summed E-state index contributed by atoms with van der Waals surface area (Å²) in [4.78, 5) is 16.7. The van der Waals surface area contributed by atoms with Crippen LogP contribution < -0.4 is 0 Å². The molecule has 80 valence electrons. The smallest absolute Gasteiger partial charge is 0.270 e. The minimum atomic E-state index is -0.117. The van der Waals surface area contributed by atoms with Crippen LogP contribution in [0, 0.1) is 0 Å². The van der Waals surface area contributed by atoms with Crippen LogP contribution in [0.1, 0.15) is 12.1 Å². The molecular formula is C10H13N3O2. The zero-order valence-electron chi connectivity index (χ0n) is 8.59. The molecule has 2 rings (SSSR count). The van der Waals surface area contributed by atoms with Crippen molar-refractivity contribution in [3.8, 4) is 0 Å². The highest BCUT2D eigenvalue weighted by Gasteiger charge is 2.16. The van der Waals surface area contributed by atoms with E-state index in [0.29, 0.717) is 13.2 Å². The summed E-state index contributed by atoms with van der Waals surface area (Å²) in [6, 6.07) is 1.84. The van der Waals surface area contributed by atoms with Crippen molar-refractivity contribution in [3.63, 3.8) is 0 Å². The van der Waals surface area contributed by atoms with E-state index in [2.05, 4.69) is 5.10 Å². The largest absolute Gasteiger partial charge is 0.271 e. The van der Waals surface area contributed by atoms with Gasteiger partial charge in [-0.05, 0) is 18.6 Å². The van der Waals surface area contributed by atoms with Crippen LogP contribution in [0.2, 0.25) is 0 Å². The quantitative estimate of drug-likeness (QED) is 0.667. The lowest BCUT2D eigenvalue weighted by Crippen LogP contribution is -2.24. The Morgan fingerprint density at radius 1 is 1.67 bits per heavy atom. The monoisotopic (exact) mass is 207 g/mol. The van der Waals surface area contributed by atoms with Crippen molar-refractivity contribution < 1.29 is 9.63 Å². The molecule has 0 aliphatic carbocycles. The van der Waals surface area contributed by atoms with Gasteiger partial charge >= 0.3 is 0 Å². The number of hydrogen-bond donors (Lipinski definition) is 0. The predicted octanol–water partition coefficient (Wildman–Crippen LogP) is 0.597. The molecule has 1 fully saturated rings. The van der Waals surface area contributed by atoms with E-state index in [1.54, 1.807) is 17.0 Å². The SMILES string of the molecule is Cn1nccc1/C=C/C(=O)N1CCCO1. The summed E-state index contributed by atoms with van der Waals surface area (Å²) in [6.07, 6.45) is 5.83. The first-order valence-electron chi connectivity index (χ1n) is 4.88. The molecule has 0 radical (unpaired) electrons. The number of aryl methyl sites for hydroxylation is 1. The fraction of sp³-hybridized carbons (Fsp3) is 0.400. The third-order valence-corrected chi connectivity index (χ3v) is 2.25. The fourth-order valence-electron chi connectivity index (χ4n) is 1.41. The fourth-order valence-corrected chi connectivity index (χ4v) is 1.41. The molecule has 0 spiro atoms. The highest BCUT2D eigenvalue weighted by atomic mass is 16.7. The van der Waals surface area contributed by atoms with E-state index in [0.717, 1.165) is 12.1 Å². The lowest BCUT2D eigenvalue weighted by Gasteiger charge is -2.10. The molecule has 15 heavy (non-hydrogen) atoms. The Bertz CT molecular complexity index is 378. The number of amides is 1. The summed E-state index contributed by atoms with van der Waals surface area (Å²) in [5.41, 5.74) is 0.891. The molecule has 0 saturated carbocycles. The third kappa shape index (κ3) is 2.24. The highest BCUT2D eigenvalue weighted by Crippen LogP contribution is 2.06. The molecule has 1 aromatic heterocycles. The van der Waals surface area contributed by atoms with Crippen LogP contribution in [0.15, 0.2) is 18.3 Å². The summed E-state index contributed by atoms with van der Waals surface area (Å²) < 4.78 is 1.70. The first kappa shape index (κ1) is 9.92. The maximum atomic E-state index is 11.5. The molecule has 0 atom stereocenters. The van der Waals surface area contributed by atoms with Gasteiger partial charge in [0.25, 0.3) is 5.91 Å². The summed E-state index contributed by atoms with van der Waals surface area (Å²) >= 11 is 0. The topological polar surface area (TPSA) is 47.4 Å². The average molecular weight is 207 g/mol. The van der Waals surface area contributed by atoms with Gasteiger partial charge in [-0.1, -0.05) is 0 Å². The zero-order valence-corrected chi connectivity index (χ0v) is 8.59. The second-order valence-electron chi connectivity index (χ2n) is 3.34. The van der Waals surface area contributed by atoms with Crippen molar-refractivity contribution in [3.05, 3.63) is 24.0 Å². The maximum Gasteiger partial charge on any atom is 0.270 e. The van der Waals surface area contributed by atoms with E-state index in [1.165, 1.54) is 11.1 Å². The van der Waals surface area contributed by atoms with Crippen molar-refractivity contribution >= 4 is 12.0 Å². The van der Waals surface area contributed by atoms with Gasteiger partial charge in [-0.25, -0.2) is 5.06 Å². The van der Waals surface area contributed by atoms with Gasteiger partial charge in [-0.2, -0.15) is 5.10 Å². The Kier molecular flexibility index (Phi) is 2.82. The number of hydrogen-bond acceptors (Lipinski definition) is 3. The van der Waals surface area contributed by atoms with Crippen LogP contribution in [-0.2, 0) is 16.7 Å². The third-order valence-electron chi connectivity index (χ3n) is 2.25. The summed E-state index contributed by atoms with van der Waals surface area (Å²) in [5, 5.41) is 5.38. The van der Waals surface area contributed by atoms with Crippen molar-refractivity contribution in [1.82, 2.24) is 14.8 Å². The number of carbonyl (C=O) groups excluding carboxylic acids is 1. The lowest BCUT2D eigenvalue weighted by molar-refractivity contribution is -0.162. The second-order valence-corrected chi connectivity index (χ2v) is 3.34. The molecule has 0 aromatic carbocycles. The van der Waals surface area contributed by atoms with Crippen LogP contribution >= 0.6 is 0 Å². The minimum Gasteiger partial charge on any atom is -0.271 e. The van der Waals surface area contributed by atoms with Gasteiger partial charge in [0.15, 0.2) is 0 Å². The Hall–Kier alpha value is -1.62. The number of aromatic nitrogens is 2. The first-order chi connectivity index (χ1) is 7.27. The van der Waals surface area contributed by atoms with Crippen LogP contribution in [0.4, 0.5) is 0 Å². The standard InChI is InChI=1S/C10H13N3O2/c1-12-9(5-6-11-12)3-4-10(14)13-7-2-8-15-13/h3-6H,2,7-8H2,1H3/b4-3+. The van der Waals surface area contributed by atoms with E-state index in [-0.39, 0.29) is 5.91 Å². The summed E-state index contributed by atoms with van der Waals surface area (Å²) in [7, 11) is 1.83. The Morgan fingerprint density at radius 2 is 2.53 bits per heavy atom. The van der Waals surface area contributed by atoms with Crippen molar-refractivity contribution in [2.24, 2.45) is 7.05 Å². The van der Waals surface area contributed by atoms with Crippen molar-refractivity contribution in [2.75, 3.05) is 13.2 Å². The first-order valence-corrected chi connectivity index (χ1v) is 4.88. The number of nitrogens with zero attached hydrogens (tertiary/aromatic N) is 3. The molecule has 1 aliphatic rings. The highest BCUT2D eigenvalue weighted by molar-refractivity contribution is 5.90. The molecule has 1 saturated heterocycles. The molecule has 1 aromatic rings. The van der Waals surface area contributed by atoms with Gasteiger partial charge in [0.2, 0.25) is 0 Å². The van der Waals surface area contributed by atoms with E-state index in [1.807, 2.05) is 13.1 Å². The van der Waals surface area contributed by atoms with Crippen LogP contribution in [-0.4, -0.2) is 33.9 Å². The second kappa shape index (κ2) is 4.27. The Morgan fingerprint density at radius 3 is 3.13 bits per heavy atom. The Balaban J connectivity index is 1.99. The van der Waals surface area contributed by atoms with E-state index in [9.17, 15) is 4.79 Å². The molecule has 1 amide bonds. The molecular weight excluding hydrogens is 194 g/mol. The molecule has 5 nitrogen and oxygen atoms in total. The van der Waals surface area contributed by atoms with E-state index in [4.69, 9.17) is 4.84 Å². The zero-order chi connectivity index (χ0) is 10.7. The van der Waals surface area contributed by atoms with Crippen LogP contribution in [0.25, 0.3) is 6.08 Å². The van der Waals surface area contributed by atoms with Gasteiger partial charge in [-0.15, -0.1) is 0 Å². The summed E-state index contributed by atoms with van der Waals surface area (Å²) in [5.74, 6) is -0.117. The normalized spacial score (nSPS) is 16.5. The minimum absolute atomic E-state index is 0.117. The molecule has 0 unspecified atom stereocenters. The number of hydroxylamine groups is 2. The van der Waals surface area contributed by atoms with Gasteiger partial charge in [-0.3, -0.25) is 14.3 Å². The van der Waals surface area contributed by atoms with Gasteiger partial charge in [0.05, 0.1) is 18.8 Å². The van der Waals surface area contributed by atoms with Crippen molar-refractivity contribution in [2.45, 2.75) is 6.42 Å². The molecule has 5 heteroatoms. The van der Waals surface area contributed by atoms with E-state index < -0.39 is 0 Å². The van der Waals surface area contributed by atoms with Crippen molar-refractivity contribution in [1.29, 1.82) is 0 Å². The molecule has 0 N–H and O–H groups in total. The number of rotatable bonds is 2. The Labute approximate surface area is 87.9 Å². The predicted molar refractivity (Wildman–Crippen MR) is 54.5 cm³/mol. The number of carbonyl (C=O) groups is 1. The summed E-state index contributed by atoms with van der Waals surface area (Å²) in [6.45, 7) is 1.31.